The largest absolute Gasteiger partial charge is 0.485 e. The number of carbonyl (C=O) groups excluding carboxylic acids is 1. The monoisotopic (exact) mass is 271 g/mol. The van der Waals surface area contributed by atoms with E-state index in [1.54, 1.807) is 0 Å². The summed E-state index contributed by atoms with van der Waals surface area (Å²) in [4.78, 5) is 12.1. The molecule has 0 saturated heterocycles. The number of nitrogens with zero attached hydrogens (tertiary/aromatic N) is 1. The lowest BCUT2D eigenvalue weighted by Gasteiger charge is -2.12. The number of benzene rings is 1. The molecule has 1 atom stereocenters. The van der Waals surface area contributed by atoms with Gasteiger partial charge in [-0.3, -0.25) is 4.79 Å². The van der Waals surface area contributed by atoms with Crippen molar-refractivity contribution >= 4 is 5.78 Å². The predicted molar refractivity (Wildman–Crippen MR) is 74.1 cm³/mol. The zero-order chi connectivity index (χ0) is 14.3. The van der Waals surface area contributed by atoms with E-state index in [4.69, 9.17) is 9.26 Å². The maximum atomic E-state index is 12.1. The molecular weight excluding hydrogens is 254 g/mol. The van der Waals surface area contributed by atoms with Crippen molar-refractivity contribution in [3.05, 3.63) is 46.3 Å². The molecule has 1 aliphatic carbocycles. The summed E-state index contributed by atoms with van der Waals surface area (Å²) in [7, 11) is 0. The summed E-state index contributed by atoms with van der Waals surface area (Å²) in [5, 5.41) is 3.82. The molecule has 20 heavy (non-hydrogen) atoms. The van der Waals surface area contributed by atoms with Crippen LogP contribution in [0.3, 0.4) is 0 Å². The van der Waals surface area contributed by atoms with Crippen LogP contribution in [0.4, 0.5) is 0 Å². The van der Waals surface area contributed by atoms with Gasteiger partial charge in [0, 0.05) is 12.5 Å². The van der Waals surface area contributed by atoms with Gasteiger partial charge in [-0.25, -0.2) is 0 Å². The molecule has 0 bridgehead atoms. The van der Waals surface area contributed by atoms with Crippen LogP contribution in [0.15, 0.2) is 22.7 Å². The van der Waals surface area contributed by atoms with Gasteiger partial charge < -0.3 is 9.26 Å². The van der Waals surface area contributed by atoms with Crippen LogP contribution in [0, 0.1) is 13.8 Å². The molecule has 0 unspecified atom stereocenters. The normalized spacial score (nSPS) is 17.4. The molecule has 0 saturated carbocycles. The molecule has 2 aromatic rings. The van der Waals surface area contributed by atoms with Crippen LogP contribution in [0.1, 0.15) is 52.2 Å². The molecule has 0 N–H and O–H groups in total. The highest BCUT2D eigenvalue weighted by molar-refractivity contribution is 6.04. The van der Waals surface area contributed by atoms with Crippen LogP contribution in [0.5, 0.6) is 5.75 Å². The SMILES string of the molecule is Cc1cc(COc2ccc(C)c3c2C(=O)C[C@H]3C)on1. The maximum absolute atomic E-state index is 12.1. The average molecular weight is 271 g/mol. The lowest BCUT2D eigenvalue weighted by Crippen LogP contribution is -2.02. The van der Waals surface area contributed by atoms with Crippen molar-refractivity contribution < 1.29 is 14.1 Å². The van der Waals surface area contributed by atoms with Gasteiger partial charge in [0.15, 0.2) is 11.5 Å². The summed E-state index contributed by atoms with van der Waals surface area (Å²) in [5.41, 5.74) is 3.85. The van der Waals surface area contributed by atoms with Gasteiger partial charge in [0.25, 0.3) is 0 Å². The minimum absolute atomic E-state index is 0.167. The highest BCUT2D eigenvalue weighted by atomic mass is 16.5. The molecule has 104 valence electrons. The summed E-state index contributed by atoms with van der Waals surface area (Å²) < 4.78 is 10.9. The Morgan fingerprint density at radius 1 is 1.40 bits per heavy atom. The lowest BCUT2D eigenvalue weighted by molar-refractivity contribution is 0.0986. The number of aromatic nitrogens is 1. The molecule has 0 fully saturated rings. The molecule has 1 aliphatic rings. The number of hydrogen-bond donors (Lipinski definition) is 0. The van der Waals surface area contributed by atoms with Crippen LogP contribution >= 0.6 is 0 Å². The standard InChI is InChI=1S/C16H17NO3/c1-9-4-5-14(16-13(18)6-10(2)15(9)16)19-8-12-7-11(3)17-20-12/h4-5,7,10H,6,8H2,1-3H3/t10-/m1/s1. The molecular formula is C16H17NO3. The highest BCUT2D eigenvalue weighted by Crippen LogP contribution is 2.40. The molecule has 4 heteroatoms. The Balaban J connectivity index is 1.89. The Labute approximate surface area is 117 Å². The van der Waals surface area contributed by atoms with E-state index in [1.807, 2.05) is 32.0 Å². The summed E-state index contributed by atoms with van der Waals surface area (Å²) in [6.45, 7) is 6.28. The van der Waals surface area contributed by atoms with E-state index in [-0.39, 0.29) is 18.3 Å². The smallest absolute Gasteiger partial charge is 0.174 e. The third kappa shape index (κ3) is 2.11. The van der Waals surface area contributed by atoms with E-state index in [2.05, 4.69) is 12.1 Å². The zero-order valence-electron chi connectivity index (χ0n) is 11.9. The minimum Gasteiger partial charge on any atom is -0.485 e. The first kappa shape index (κ1) is 12.9. The number of carbonyl (C=O) groups is 1. The summed E-state index contributed by atoms with van der Waals surface area (Å²) in [6.07, 6.45) is 0.567. The molecule has 1 heterocycles. The molecule has 1 aromatic carbocycles. The van der Waals surface area contributed by atoms with Gasteiger partial charge in [0.2, 0.25) is 0 Å². The molecule has 3 rings (SSSR count). The number of fused-ring (bicyclic) bond motifs is 1. The van der Waals surface area contributed by atoms with E-state index in [9.17, 15) is 4.79 Å². The molecule has 4 nitrogen and oxygen atoms in total. The molecule has 0 radical (unpaired) electrons. The van der Waals surface area contributed by atoms with Crippen molar-refractivity contribution in [3.8, 4) is 5.75 Å². The van der Waals surface area contributed by atoms with Gasteiger partial charge in [0.05, 0.1) is 11.3 Å². The first-order valence-corrected chi connectivity index (χ1v) is 6.78. The van der Waals surface area contributed by atoms with E-state index in [1.165, 1.54) is 0 Å². The Bertz CT molecular complexity index is 672. The van der Waals surface area contributed by atoms with Crippen molar-refractivity contribution in [1.29, 1.82) is 0 Å². The van der Waals surface area contributed by atoms with Crippen molar-refractivity contribution in [1.82, 2.24) is 5.16 Å². The number of Topliss-reactive ketones (excluding diaryl/α,β-unsaturated/α-hetero) is 1. The van der Waals surface area contributed by atoms with Gasteiger partial charge in [-0.1, -0.05) is 18.1 Å². The quantitative estimate of drug-likeness (QED) is 0.856. The van der Waals surface area contributed by atoms with Gasteiger partial charge in [-0.15, -0.1) is 0 Å². The Morgan fingerprint density at radius 2 is 2.20 bits per heavy atom. The summed E-state index contributed by atoms with van der Waals surface area (Å²) in [5.74, 6) is 1.75. The highest BCUT2D eigenvalue weighted by Gasteiger charge is 2.31. The van der Waals surface area contributed by atoms with Crippen LogP contribution in [-0.4, -0.2) is 10.9 Å². The first-order valence-electron chi connectivity index (χ1n) is 6.78. The van der Waals surface area contributed by atoms with Gasteiger partial charge >= 0.3 is 0 Å². The van der Waals surface area contributed by atoms with Gasteiger partial charge in [0.1, 0.15) is 12.4 Å². The van der Waals surface area contributed by atoms with E-state index >= 15 is 0 Å². The lowest BCUT2D eigenvalue weighted by atomic mass is 9.97. The van der Waals surface area contributed by atoms with Crippen molar-refractivity contribution in [2.75, 3.05) is 0 Å². The minimum atomic E-state index is 0.167. The fourth-order valence-electron chi connectivity index (χ4n) is 2.86. The third-order valence-electron chi connectivity index (χ3n) is 3.74. The second-order valence-electron chi connectivity index (χ2n) is 5.42. The third-order valence-corrected chi connectivity index (χ3v) is 3.74. The fourth-order valence-corrected chi connectivity index (χ4v) is 2.86. The van der Waals surface area contributed by atoms with Crippen LogP contribution in [0.25, 0.3) is 0 Å². The Morgan fingerprint density at radius 3 is 2.90 bits per heavy atom. The number of rotatable bonds is 3. The van der Waals surface area contributed by atoms with E-state index < -0.39 is 0 Å². The van der Waals surface area contributed by atoms with Gasteiger partial charge in [-0.05, 0) is 37.0 Å². The maximum Gasteiger partial charge on any atom is 0.174 e. The average Bonchev–Trinajstić information content (AvgIpc) is 2.94. The molecule has 0 spiro atoms. The molecule has 0 amide bonds. The summed E-state index contributed by atoms with van der Waals surface area (Å²) in [6, 6.07) is 5.71. The van der Waals surface area contributed by atoms with Gasteiger partial charge in [-0.2, -0.15) is 0 Å². The second-order valence-corrected chi connectivity index (χ2v) is 5.42. The van der Waals surface area contributed by atoms with Crippen LogP contribution in [0.2, 0.25) is 0 Å². The Kier molecular flexibility index (Phi) is 3.08. The molecule has 0 aliphatic heterocycles. The van der Waals surface area contributed by atoms with Crippen LogP contribution < -0.4 is 4.74 Å². The number of hydrogen-bond acceptors (Lipinski definition) is 4. The van der Waals surface area contributed by atoms with Crippen molar-refractivity contribution in [3.63, 3.8) is 0 Å². The predicted octanol–water partition coefficient (Wildman–Crippen LogP) is 3.56. The number of aryl methyl sites for hydroxylation is 2. The zero-order valence-corrected chi connectivity index (χ0v) is 11.9. The Hall–Kier alpha value is -2.10. The van der Waals surface area contributed by atoms with E-state index in [0.29, 0.717) is 17.9 Å². The van der Waals surface area contributed by atoms with Crippen molar-refractivity contribution in [2.45, 2.75) is 39.7 Å². The topological polar surface area (TPSA) is 52.3 Å². The number of ether oxygens (including phenoxy) is 1. The molecule has 1 aromatic heterocycles. The van der Waals surface area contributed by atoms with Crippen LogP contribution in [-0.2, 0) is 6.61 Å². The van der Waals surface area contributed by atoms with Crippen molar-refractivity contribution in [2.24, 2.45) is 0 Å². The fraction of sp³-hybridized carbons (Fsp3) is 0.375. The van der Waals surface area contributed by atoms with E-state index in [0.717, 1.165) is 22.4 Å². The first-order chi connectivity index (χ1) is 9.56. The second kappa shape index (κ2) is 4.78. The number of ketones is 1. The summed E-state index contributed by atoms with van der Waals surface area (Å²) >= 11 is 0.